The molecule has 4 aromatic carbocycles. The van der Waals surface area contributed by atoms with Gasteiger partial charge in [-0.3, -0.25) is 0 Å². The summed E-state index contributed by atoms with van der Waals surface area (Å²) in [6.07, 6.45) is 0. The third kappa shape index (κ3) is 3.94. The zero-order valence-electron chi connectivity index (χ0n) is 15.9. The van der Waals surface area contributed by atoms with E-state index in [0.29, 0.717) is 10.6 Å². The first-order chi connectivity index (χ1) is 14.2. The summed E-state index contributed by atoms with van der Waals surface area (Å²) in [6, 6.07) is 31.8. The average molecular weight is 399 g/mol. The molecule has 0 aliphatic rings. The number of hydrogen-bond acceptors (Lipinski definition) is 2. The van der Waals surface area contributed by atoms with Crippen LogP contribution in [-0.4, -0.2) is 13.1 Å². The van der Waals surface area contributed by atoms with E-state index in [1.54, 1.807) is 0 Å². The average Bonchev–Trinajstić information content (AvgIpc) is 2.79. The molecule has 0 aromatic heterocycles. The van der Waals surface area contributed by atoms with Gasteiger partial charge in [-0.15, -0.1) is 0 Å². The fourth-order valence-corrected chi connectivity index (χ4v) is 3.64. The first kappa shape index (κ1) is 19.0. The fraction of sp³-hybridized carbons (Fsp3) is 0.0385. The molecule has 0 atom stereocenters. The Kier molecular flexibility index (Phi) is 5.46. The number of benzene rings is 4. The first-order valence-corrected chi connectivity index (χ1v) is 9.68. The second-order valence-electron chi connectivity index (χ2n) is 6.68. The molecule has 0 radical (unpaired) electrons. The highest BCUT2D eigenvalue weighted by molar-refractivity contribution is 6.33. The summed E-state index contributed by atoms with van der Waals surface area (Å²) in [5.41, 5.74) is 6.35. The lowest BCUT2D eigenvalue weighted by molar-refractivity contribution is 0.0601. The van der Waals surface area contributed by atoms with E-state index in [4.69, 9.17) is 16.3 Å². The van der Waals surface area contributed by atoms with Gasteiger partial charge in [0.15, 0.2) is 0 Å². The number of ether oxygens (including phenoxy) is 1. The maximum Gasteiger partial charge on any atom is 0.338 e. The molecule has 4 aromatic rings. The molecule has 0 fully saturated rings. The van der Waals surface area contributed by atoms with Crippen molar-refractivity contribution in [2.75, 3.05) is 7.11 Å². The standard InChI is InChI=1S/C26H19ClO2/c1-29-26(28)24-17-21(15-16-22(24)23-9-5-6-10-25(23)27)20-13-11-19(12-14-20)18-7-3-2-4-8-18/h2-17H,1H3. The quantitative estimate of drug-likeness (QED) is 0.342. The molecule has 142 valence electrons. The van der Waals surface area contributed by atoms with Crippen LogP contribution in [-0.2, 0) is 4.74 Å². The van der Waals surface area contributed by atoms with Crippen molar-refractivity contribution < 1.29 is 9.53 Å². The van der Waals surface area contributed by atoms with E-state index in [9.17, 15) is 4.79 Å². The van der Waals surface area contributed by atoms with Crippen LogP contribution in [0.4, 0.5) is 0 Å². The molecule has 29 heavy (non-hydrogen) atoms. The van der Waals surface area contributed by atoms with Gasteiger partial charge in [-0.1, -0.05) is 96.5 Å². The van der Waals surface area contributed by atoms with E-state index in [1.165, 1.54) is 12.7 Å². The van der Waals surface area contributed by atoms with Crippen LogP contribution in [0.25, 0.3) is 33.4 Å². The van der Waals surface area contributed by atoms with Crippen molar-refractivity contribution in [2.45, 2.75) is 0 Å². The molecule has 0 saturated carbocycles. The zero-order chi connectivity index (χ0) is 20.2. The molecule has 0 N–H and O–H groups in total. The van der Waals surface area contributed by atoms with Crippen molar-refractivity contribution in [3.63, 3.8) is 0 Å². The number of methoxy groups -OCH3 is 1. The molecule has 4 rings (SSSR count). The van der Waals surface area contributed by atoms with Crippen LogP contribution >= 0.6 is 11.6 Å². The molecular formula is C26H19ClO2. The van der Waals surface area contributed by atoms with E-state index in [2.05, 4.69) is 36.4 Å². The minimum atomic E-state index is -0.386. The maximum atomic E-state index is 12.5. The SMILES string of the molecule is COC(=O)c1cc(-c2ccc(-c3ccccc3)cc2)ccc1-c1ccccc1Cl. The van der Waals surface area contributed by atoms with Crippen LogP contribution in [0.5, 0.6) is 0 Å². The van der Waals surface area contributed by atoms with Crippen molar-refractivity contribution in [1.82, 2.24) is 0 Å². The van der Waals surface area contributed by atoms with Crippen molar-refractivity contribution in [1.29, 1.82) is 0 Å². The van der Waals surface area contributed by atoms with Gasteiger partial charge in [-0.25, -0.2) is 4.79 Å². The van der Waals surface area contributed by atoms with Gasteiger partial charge in [0.2, 0.25) is 0 Å². The van der Waals surface area contributed by atoms with Crippen molar-refractivity contribution in [3.05, 3.63) is 108 Å². The van der Waals surface area contributed by atoms with Gasteiger partial charge in [0, 0.05) is 10.6 Å². The number of halogens is 1. The lowest BCUT2D eigenvalue weighted by Gasteiger charge is -2.12. The van der Waals surface area contributed by atoms with Crippen LogP contribution in [0.3, 0.4) is 0 Å². The molecule has 0 spiro atoms. The van der Waals surface area contributed by atoms with E-state index < -0.39 is 0 Å². The third-order valence-corrected chi connectivity index (χ3v) is 5.24. The second-order valence-corrected chi connectivity index (χ2v) is 7.08. The summed E-state index contributed by atoms with van der Waals surface area (Å²) >= 11 is 6.36. The highest BCUT2D eigenvalue weighted by Crippen LogP contribution is 2.34. The summed E-state index contributed by atoms with van der Waals surface area (Å²) in [7, 11) is 1.39. The van der Waals surface area contributed by atoms with E-state index in [1.807, 2.05) is 60.7 Å². The third-order valence-electron chi connectivity index (χ3n) is 4.91. The van der Waals surface area contributed by atoms with E-state index >= 15 is 0 Å². The van der Waals surface area contributed by atoms with Gasteiger partial charge in [0.05, 0.1) is 12.7 Å². The Bertz CT molecular complexity index is 1150. The summed E-state index contributed by atoms with van der Waals surface area (Å²) in [4.78, 5) is 12.5. The number of carbonyl (C=O) groups excluding carboxylic acids is 1. The number of carbonyl (C=O) groups is 1. The fourth-order valence-electron chi connectivity index (χ4n) is 3.40. The lowest BCUT2D eigenvalue weighted by Crippen LogP contribution is -2.04. The Hall–Kier alpha value is -3.36. The van der Waals surface area contributed by atoms with Crippen LogP contribution in [0.1, 0.15) is 10.4 Å². The van der Waals surface area contributed by atoms with Gasteiger partial charge in [-0.2, -0.15) is 0 Å². The predicted octanol–water partition coefficient (Wildman–Crippen LogP) is 7.13. The molecule has 3 heteroatoms. The van der Waals surface area contributed by atoms with Crippen LogP contribution in [0, 0.1) is 0 Å². The Morgan fingerprint density at radius 2 is 1.21 bits per heavy atom. The molecule has 0 aliphatic carbocycles. The Morgan fingerprint density at radius 3 is 1.86 bits per heavy atom. The number of esters is 1. The topological polar surface area (TPSA) is 26.3 Å². The molecular weight excluding hydrogens is 380 g/mol. The molecule has 0 bridgehead atoms. The van der Waals surface area contributed by atoms with Crippen LogP contribution in [0.2, 0.25) is 5.02 Å². The molecule has 0 heterocycles. The molecule has 0 aliphatic heterocycles. The van der Waals surface area contributed by atoms with Crippen molar-refractivity contribution in [2.24, 2.45) is 0 Å². The summed E-state index contributed by atoms with van der Waals surface area (Å²) in [6.45, 7) is 0. The van der Waals surface area contributed by atoms with Gasteiger partial charge < -0.3 is 4.74 Å². The molecule has 2 nitrogen and oxygen atoms in total. The summed E-state index contributed by atoms with van der Waals surface area (Å²) in [5.74, 6) is -0.386. The van der Waals surface area contributed by atoms with Crippen molar-refractivity contribution >= 4 is 17.6 Å². The Balaban J connectivity index is 1.75. The largest absolute Gasteiger partial charge is 0.465 e. The van der Waals surface area contributed by atoms with E-state index in [-0.39, 0.29) is 5.97 Å². The number of hydrogen-bond donors (Lipinski definition) is 0. The van der Waals surface area contributed by atoms with Crippen LogP contribution < -0.4 is 0 Å². The maximum absolute atomic E-state index is 12.5. The highest BCUT2D eigenvalue weighted by Gasteiger charge is 2.16. The van der Waals surface area contributed by atoms with Crippen LogP contribution in [0.15, 0.2) is 97.1 Å². The Labute approximate surface area is 175 Å². The van der Waals surface area contributed by atoms with Crippen molar-refractivity contribution in [3.8, 4) is 33.4 Å². The van der Waals surface area contributed by atoms with Gasteiger partial charge in [-0.05, 0) is 39.9 Å². The predicted molar refractivity (Wildman–Crippen MR) is 119 cm³/mol. The molecule has 0 saturated heterocycles. The summed E-state index contributed by atoms with van der Waals surface area (Å²) in [5, 5.41) is 0.595. The lowest BCUT2D eigenvalue weighted by atomic mass is 9.94. The molecule has 0 amide bonds. The zero-order valence-corrected chi connectivity index (χ0v) is 16.7. The monoisotopic (exact) mass is 398 g/mol. The summed E-state index contributed by atoms with van der Waals surface area (Å²) < 4.78 is 5.02. The Morgan fingerprint density at radius 1 is 0.655 bits per heavy atom. The minimum absolute atomic E-state index is 0.386. The highest BCUT2D eigenvalue weighted by atomic mass is 35.5. The van der Waals surface area contributed by atoms with E-state index in [0.717, 1.165) is 27.8 Å². The smallest absolute Gasteiger partial charge is 0.338 e. The van der Waals surface area contributed by atoms with Gasteiger partial charge >= 0.3 is 5.97 Å². The second kappa shape index (κ2) is 8.34. The molecule has 0 unspecified atom stereocenters. The van der Waals surface area contributed by atoms with Gasteiger partial charge in [0.1, 0.15) is 0 Å². The first-order valence-electron chi connectivity index (χ1n) is 9.30. The normalized spacial score (nSPS) is 10.6. The van der Waals surface area contributed by atoms with Gasteiger partial charge in [0.25, 0.3) is 0 Å². The number of rotatable bonds is 4. The minimum Gasteiger partial charge on any atom is -0.465 e.